The monoisotopic (exact) mass is 368 g/mol. The van der Waals surface area contributed by atoms with Crippen molar-refractivity contribution in [1.82, 2.24) is 10.6 Å². The van der Waals surface area contributed by atoms with Gasteiger partial charge in [0.05, 0.1) is 0 Å². The molecule has 0 aliphatic rings. The highest BCUT2D eigenvalue weighted by atomic mass is 16.6. The van der Waals surface area contributed by atoms with Crippen molar-refractivity contribution in [2.75, 3.05) is 6.54 Å². The molecule has 0 saturated heterocycles. The summed E-state index contributed by atoms with van der Waals surface area (Å²) < 4.78 is 5.23. The minimum atomic E-state index is -0.495. The van der Waals surface area contributed by atoms with Crippen LogP contribution in [-0.4, -0.2) is 30.6 Å². The van der Waals surface area contributed by atoms with Crippen molar-refractivity contribution in [3.05, 3.63) is 59.7 Å². The van der Waals surface area contributed by atoms with E-state index >= 15 is 0 Å². The molecule has 0 heterocycles. The first-order valence-corrected chi connectivity index (χ1v) is 9.11. The summed E-state index contributed by atoms with van der Waals surface area (Å²) in [7, 11) is 0. The number of rotatable bonds is 7. The third-order valence-electron chi connectivity index (χ3n) is 3.91. The standard InChI is InChI=1S/C22H28N2O3/c1-16(13-24-21(26)27-22(2,3)4)23-14-18-6-5-7-20(12-18)19-10-8-17(15-25)9-11-19/h5-12,15-16,23H,13-14H2,1-4H3,(H,24,26)/t16-/m0/s1. The summed E-state index contributed by atoms with van der Waals surface area (Å²) in [5.41, 5.74) is 3.50. The average molecular weight is 368 g/mol. The smallest absolute Gasteiger partial charge is 0.407 e. The fraction of sp³-hybridized carbons (Fsp3) is 0.364. The summed E-state index contributed by atoms with van der Waals surface area (Å²) in [5.74, 6) is 0. The Morgan fingerprint density at radius 1 is 1.11 bits per heavy atom. The molecule has 2 rings (SSSR count). The lowest BCUT2D eigenvalue weighted by Crippen LogP contribution is -2.40. The van der Waals surface area contributed by atoms with Crippen LogP contribution in [0.2, 0.25) is 0 Å². The van der Waals surface area contributed by atoms with Gasteiger partial charge in [0.25, 0.3) is 0 Å². The average Bonchev–Trinajstić information content (AvgIpc) is 2.63. The number of nitrogens with one attached hydrogen (secondary N) is 2. The van der Waals surface area contributed by atoms with Crippen molar-refractivity contribution in [2.24, 2.45) is 0 Å². The van der Waals surface area contributed by atoms with Crippen LogP contribution in [0.15, 0.2) is 48.5 Å². The Balaban J connectivity index is 1.86. The van der Waals surface area contributed by atoms with Gasteiger partial charge in [-0.05, 0) is 50.5 Å². The first kappa shape index (κ1) is 20.6. The van der Waals surface area contributed by atoms with E-state index in [2.05, 4.69) is 22.8 Å². The summed E-state index contributed by atoms with van der Waals surface area (Å²) in [6.07, 6.45) is 0.438. The molecular formula is C22H28N2O3. The molecule has 2 aromatic carbocycles. The number of alkyl carbamates (subject to hydrolysis) is 1. The normalized spacial score (nSPS) is 12.3. The lowest BCUT2D eigenvalue weighted by Gasteiger charge is -2.21. The van der Waals surface area contributed by atoms with Crippen molar-refractivity contribution in [3.63, 3.8) is 0 Å². The van der Waals surface area contributed by atoms with Crippen molar-refractivity contribution < 1.29 is 14.3 Å². The number of benzene rings is 2. The maximum atomic E-state index is 11.7. The summed E-state index contributed by atoms with van der Waals surface area (Å²) in [5, 5.41) is 6.17. The minimum Gasteiger partial charge on any atom is -0.444 e. The molecule has 0 aliphatic heterocycles. The van der Waals surface area contributed by atoms with Gasteiger partial charge < -0.3 is 15.4 Å². The van der Waals surface area contributed by atoms with Crippen molar-refractivity contribution in [1.29, 1.82) is 0 Å². The Morgan fingerprint density at radius 2 is 1.81 bits per heavy atom. The highest BCUT2D eigenvalue weighted by Gasteiger charge is 2.16. The summed E-state index contributed by atoms with van der Waals surface area (Å²) in [4.78, 5) is 22.5. The maximum absolute atomic E-state index is 11.7. The lowest BCUT2D eigenvalue weighted by atomic mass is 10.0. The second-order valence-corrected chi connectivity index (χ2v) is 7.60. The Morgan fingerprint density at radius 3 is 2.44 bits per heavy atom. The predicted molar refractivity (Wildman–Crippen MR) is 108 cm³/mol. The fourth-order valence-corrected chi connectivity index (χ4v) is 2.53. The second kappa shape index (κ2) is 9.33. The van der Waals surface area contributed by atoms with Crippen LogP contribution in [0.1, 0.15) is 43.6 Å². The molecule has 0 spiro atoms. The third-order valence-corrected chi connectivity index (χ3v) is 3.91. The molecule has 2 aromatic rings. The van der Waals surface area contributed by atoms with Crippen molar-refractivity contribution in [3.8, 4) is 11.1 Å². The quantitative estimate of drug-likeness (QED) is 0.720. The molecule has 5 nitrogen and oxygen atoms in total. The van der Waals surface area contributed by atoms with Gasteiger partial charge in [0, 0.05) is 24.7 Å². The van der Waals surface area contributed by atoms with E-state index in [-0.39, 0.29) is 6.04 Å². The molecule has 144 valence electrons. The third kappa shape index (κ3) is 7.23. The van der Waals surface area contributed by atoms with E-state index in [1.165, 1.54) is 0 Å². The number of hydrogen-bond acceptors (Lipinski definition) is 4. The number of hydrogen-bond donors (Lipinski definition) is 2. The van der Waals surface area contributed by atoms with Crippen LogP contribution in [0.3, 0.4) is 0 Å². The number of amides is 1. The van der Waals surface area contributed by atoms with Crippen molar-refractivity contribution >= 4 is 12.4 Å². The summed E-state index contributed by atoms with van der Waals surface area (Å²) >= 11 is 0. The van der Waals surface area contributed by atoms with Gasteiger partial charge in [-0.3, -0.25) is 4.79 Å². The predicted octanol–water partition coefficient (Wildman–Crippen LogP) is 4.17. The first-order valence-electron chi connectivity index (χ1n) is 9.11. The van der Waals surface area contributed by atoms with Crippen molar-refractivity contribution in [2.45, 2.75) is 45.9 Å². The fourth-order valence-electron chi connectivity index (χ4n) is 2.53. The van der Waals surface area contributed by atoms with Crippen LogP contribution in [0.4, 0.5) is 4.79 Å². The molecule has 1 amide bonds. The van der Waals surface area contributed by atoms with Crippen LogP contribution in [0.5, 0.6) is 0 Å². The summed E-state index contributed by atoms with van der Waals surface area (Å²) in [6.45, 7) is 8.72. The summed E-state index contributed by atoms with van der Waals surface area (Å²) in [6, 6.07) is 15.9. The Hall–Kier alpha value is -2.66. The zero-order chi connectivity index (χ0) is 19.9. The number of aldehydes is 1. The topological polar surface area (TPSA) is 67.4 Å². The van der Waals surface area contributed by atoms with Gasteiger partial charge in [-0.25, -0.2) is 4.79 Å². The Bertz CT molecular complexity index is 764. The molecule has 2 N–H and O–H groups in total. The Labute approximate surface area is 161 Å². The zero-order valence-electron chi connectivity index (χ0n) is 16.4. The van der Waals surface area contributed by atoms with Crippen LogP contribution in [0, 0.1) is 0 Å². The SMILES string of the molecule is C[C@@H](CNC(=O)OC(C)(C)C)NCc1cccc(-c2ccc(C=O)cc2)c1. The van der Waals surface area contributed by atoms with Gasteiger partial charge in [0.2, 0.25) is 0 Å². The van der Waals surface area contributed by atoms with E-state index in [1.54, 1.807) is 0 Å². The van der Waals surface area contributed by atoms with E-state index in [1.807, 2.05) is 64.1 Å². The van der Waals surface area contributed by atoms with E-state index in [4.69, 9.17) is 4.74 Å². The van der Waals surface area contributed by atoms with E-state index < -0.39 is 11.7 Å². The first-order chi connectivity index (χ1) is 12.8. The van der Waals surface area contributed by atoms with Gasteiger partial charge in [-0.2, -0.15) is 0 Å². The maximum Gasteiger partial charge on any atom is 0.407 e. The van der Waals surface area contributed by atoms with Gasteiger partial charge in [-0.1, -0.05) is 42.5 Å². The minimum absolute atomic E-state index is 0.105. The molecule has 0 unspecified atom stereocenters. The molecule has 0 fully saturated rings. The molecule has 1 atom stereocenters. The van der Waals surface area contributed by atoms with E-state index in [0.717, 1.165) is 23.0 Å². The van der Waals surface area contributed by atoms with Crippen LogP contribution < -0.4 is 10.6 Å². The van der Waals surface area contributed by atoms with Gasteiger partial charge in [-0.15, -0.1) is 0 Å². The molecule has 5 heteroatoms. The lowest BCUT2D eigenvalue weighted by molar-refractivity contribution is 0.0523. The van der Waals surface area contributed by atoms with Gasteiger partial charge in [0.15, 0.2) is 0 Å². The van der Waals surface area contributed by atoms with E-state index in [9.17, 15) is 9.59 Å². The largest absolute Gasteiger partial charge is 0.444 e. The van der Waals surface area contributed by atoms with Crippen LogP contribution >= 0.6 is 0 Å². The molecule has 0 radical (unpaired) electrons. The Kier molecular flexibility index (Phi) is 7.13. The molecule has 0 bridgehead atoms. The molecular weight excluding hydrogens is 340 g/mol. The number of carbonyl (C=O) groups excluding carboxylic acids is 2. The molecule has 0 aliphatic carbocycles. The van der Waals surface area contributed by atoms with Crippen LogP contribution in [0.25, 0.3) is 11.1 Å². The molecule has 0 aromatic heterocycles. The molecule has 0 saturated carbocycles. The van der Waals surface area contributed by atoms with Gasteiger partial charge >= 0.3 is 6.09 Å². The second-order valence-electron chi connectivity index (χ2n) is 7.60. The van der Waals surface area contributed by atoms with E-state index in [0.29, 0.717) is 18.7 Å². The highest BCUT2D eigenvalue weighted by molar-refractivity contribution is 5.77. The molecule has 27 heavy (non-hydrogen) atoms. The highest BCUT2D eigenvalue weighted by Crippen LogP contribution is 2.20. The van der Waals surface area contributed by atoms with Gasteiger partial charge in [0.1, 0.15) is 11.9 Å². The number of ether oxygens (including phenoxy) is 1. The zero-order valence-corrected chi connectivity index (χ0v) is 16.4. The number of carbonyl (C=O) groups is 2. The van der Waals surface area contributed by atoms with Crippen LogP contribution in [-0.2, 0) is 11.3 Å².